The molecule has 7 heteroatoms. The molecule has 0 heterocycles. The van der Waals surface area contributed by atoms with Crippen molar-refractivity contribution in [3.63, 3.8) is 0 Å². The molecule has 0 aromatic rings. The van der Waals surface area contributed by atoms with Gasteiger partial charge in [-0.3, -0.25) is 9.59 Å². The number of amides is 1. The number of ether oxygens (including phenoxy) is 1. The molecule has 19 heavy (non-hydrogen) atoms. The topological polar surface area (TPSA) is 96.3 Å². The zero-order chi connectivity index (χ0) is 15.0. The van der Waals surface area contributed by atoms with Crippen LogP contribution < -0.4 is 5.32 Å². The average molecular weight is 288 g/mol. The quantitative estimate of drug-likeness (QED) is 0.349. The van der Waals surface area contributed by atoms with Crippen LogP contribution in [0.25, 0.3) is 0 Å². The molecule has 0 aliphatic carbocycles. The molecule has 0 saturated heterocycles. The van der Waals surface area contributed by atoms with Crippen LogP contribution in [0.2, 0.25) is 0 Å². The minimum atomic E-state index is -0.895. The van der Waals surface area contributed by atoms with Crippen LogP contribution in [0.1, 0.15) is 33.6 Å². The van der Waals surface area contributed by atoms with Crippen LogP contribution in [-0.2, 0) is 19.1 Å². The predicted octanol–water partition coefficient (Wildman–Crippen LogP) is 0.740. The number of hydrogen-bond donors (Lipinski definition) is 3. The van der Waals surface area contributed by atoms with Gasteiger partial charge in [0.1, 0.15) is 6.04 Å². The number of carbonyl (C=O) groups is 3. The summed E-state index contributed by atoms with van der Waals surface area (Å²) < 4.78 is 5.01. The molecular formula is C12H20N2O4S. The summed E-state index contributed by atoms with van der Waals surface area (Å²) in [6, 6.07) is -0.895. The van der Waals surface area contributed by atoms with Crippen LogP contribution in [0, 0.1) is 5.41 Å². The molecule has 2 N–H and O–H groups in total. The lowest BCUT2D eigenvalue weighted by Crippen LogP contribution is -2.45. The number of carbonyl (C=O) groups excluding carboxylic acids is 3. The Morgan fingerprint density at radius 2 is 1.89 bits per heavy atom. The third-order valence-electron chi connectivity index (χ3n) is 2.17. The number of ketones is 1. The van der Waals surface area contributed by atoms with E-state index in [1.807, 2.05) is 0 Å². The largest absolute Gasteiger partial charge is 0.461 e. The van der Waals surface area contributed by atoms with Gasteiger partial charge in [0, 0.05) is 6.42 Å². The van der Waals surface area contributed by atoms with Gasteiger partial charge in [-0.1, -0.05) is 0 Å². The van der Waals surface area contributed by atoms with E-state index in [2.05, 4.69) is 17.9 Å². The summed E-state index contributed by atoms with van der Waals surface area (Å²) in [6.07, 6.45) is 0.487. The van der Waals surface area contributed by atoms with Gasteiger partial charge in [0.15, 0.2) is 5.78 Å². The fourth-order valence-corrected chi connectivity index (χ4v) is 1.29. The normalized spacial score (nSPS) is 13.5. The highest BCUT2D eigenvalue weighted by Gasteiger charge is 2.24. The van der Waals surface area contributed by atoms with Gasteiger partial charge in [-0.25, -0.2) is 4.79 Å². The lowest BCUT2D eigenvalue weighted by atomic mass is 10.1. The molecule has 6 nitrogen and oxygen atoms in total. The van der Waals surface area contributed by atoms with Crippen LogP contribution in [0.4, 0.5) is 0 Å². The molecule has 0 aromatic heterocycles. The highest BCUT2D eigenvalue weighted by Crippen LogP contribution is 2.05. The van der Waals surface area contributed by atoms with E-state index >= 15 is 0 Å². The predicted molar refractivity (Wildman–Crippen MR) is 74.6 cm³/mol. The summed E-state index contributed by atoms with van der Waals surface area (Å²) in [4.78, 5) is 34.4. The summed E-state index contributed by atoms with van der Waals surface area (Å²) in [5.74, 6) is -1.40. The van der Waals surface area contributed by atoms with Gasteiger partial charge < -0.3 is 15.5 Å². The first kappa shape index (κ1) is 17.6. The molecule has 0 aliphatic heterocycles. The SMILES string of the molecule is CC(C)OC(=O)[C@H](CCC(=O)C=N)NC(=O)[C@H](C)S. The van der Waals surface area contributed by atoms with E-state index in [-0.39, 0.29) is 18.9 Å². The molecule has 0 saturated carbocycles. The molecule has 0 spiro atoms. The Kier molecular flexibility index (Phi) is 8.06. The first-order valence-electron chi connectivity index (χ1n) is 6.00. The molecule has 0 radical (unpaired) electrons. The fraction of sp³-hybridized carbons (Fsp3) is 0.667. The smallest absolute Gasteiger partial charge is 0.328 e. The molecule has 0 rings (SSSR count). The van der Waals surface area contributed by atoms with E-state index < -0.39 is 29.0 Å². The monoisotopic (exact) mass is 288 g/mol. The molecule has 108 valence electrons. The summed E-state index contributed by atoms with van der Waals surface area (Å²) in [5, 5.41) is 8.71. The summed E-state index contributed by atoms with van der Waals surface area (Å²) in [5.41, 5.74) is 0. The Morgan fingerprint density at radius 3 is 2.32 bits per heavy atom. The maximum atomic E-state index is 11.8. The standard InChI is InChI=1S/C12H20N2O4S/c1-7(2)18-12(17)10(5-4-9(15)6-13)14-11(16)8(3)19/h6-8,10,13,19H,4-5H2,1-3H3,(H,14,16)/t8-,10-/m0/s1. The van der Waals surface area contributed by atoms with E-state index in [4.69, 9.17) is 10.1 Å². The van der Waals surface area contributed by atoms with Crippen molar-refractivity contribution in [3.05, 3.63) is 0 Å². The Morgan fingerprint density at radius 1 is 1.32 bits per heavy atom. The van der Waals surface area contributed by atoms with Gasteiger partial charge in [-0.05, 0) is 27.2 Å². The number of esters is 1. The van der Waals surface area contributed by atoms with E-state index in [0.29, 0.717) is 6.21 Å². The second-order valence-corrected chi connectivity index (χ2v) is 5.15. The Balaban J connectivity index is 4.62. The number of Topliss-reactive ketones (excluding diaryl/α,β-unsaturated/α-hetero) is 1. The molecule has 1 amide bonds. The van der Waals surface area contributed by atoms with Gasteiger partial charge in [0.05, 0.1) is 17.6 Å². The van der Waals surface area contributed by atoms with E-state index in [1.54, 1.807) is 20.8 Å². The van der Waals surface area contributed by atoms with Crippen LogP contribution >= 0.6 is 12.6 Å². The number of rotatable bonds is 8. The second kappa shape index (κ2) is 8.68. The zero-order valence-electron chi connectivity index (χ0n) is 11.3. The minimum absolute atomic E-state index is 0.00257. The lowest BCUT2D eigenvalue weighted by molar-refractivity contribution is -0.151. The molecular weight excluding hydrogens is 268 g/mol. The van der Waals surface area contributed by atoms with Crippen molar-refractivity contribution in [2.75, 3.05) is 0 Å². The van der Waals surface area contributed by atoms with Crippen molar-refractivity contribution >= 4 is 36.5 Å². The van der Waals surface area contributed by atoms with Gasteiger partial charge in [-0.2, -0.15) is 12.6 Å². The van der Waals surface area contributed by atoms with E-state index in [9.17, 15) is 14.4 Å². The first-order chi connectivity index (χ1) is 8.77. The van der Waals surface area contributed by atoms with Gasteiger partial charge in [0.2, 0.25) is 5.91 Å². The van der Waals surface area contributed by atoms with E-state index in [1.165, 1.54) is 0 Å². The minimum Gasteiger partial charge on any atom is -0.461 e. The van der Waals surface area contributed by atoms with E-state index in [0.717, 1.165) is 0 Å². The van der Waals surface area contributed by atoms with Gasteiger partial charge >= 0.3 is 5.97 Å². The summed E-state index contributed by atoms with van der Waals surface area (Å²) >= 11 is 3.97. The first-order valence-corrected chi connectivity index (χ1v) is 6.51. The zero-order valence-corrected chi connectivity index (χ0v) is 12.2. The average Bonchev–Trinajstić information content (AvgIpc) is 2.32. The van der Waals surface area contributed by atoms with Crippen LogP contribution in [0.3, 0.4) is 0 Å². The van der Waals surface area contributed by atoms with Crippen molar-refractivity contribution in [2.24, 2.45) is 0 Å². The highest BCUT2D eigenvalue weighted by molar-refractivity contribution is 7.81. The fourth-order valence-electron chi connectivity index (χ4n) is 1.21. The van der Waals surface area contributed by atoms with Crippen LogP contribution in [-0.4, -0.2) is 41.3 Å². The Hall–Kier alpha value is -1.37. The van der Waals surface area contributed by atoms with Crippen molar-refractivity contribution in [3.8, 4) is 0 Å². The lowest BCUT2D eigenvalue weighted by Gasteiger charge is -2.19. The van der Waals surface area contributed by atoms with Crippen molar-refractivity contribution in [1.82, 2.24) is 5.32 Å². The van der Waals surface area contributed by atoms with Gasteiger partial charge in [-0.15, -0.1) is 0 Å². The van der Waals surface area contributed by atoms with Crippen molar-refractivity contribution < 1.29 is 19.1 Å². The molecule has 0 unspecified atom stereocenters. The maximum absolute atomic E-state index is 11.8. The van der Waals surface area contributed by atoms with Gasteiger partial charge in [0.25, 0.3) is 0 Å². The number of nitrogens with one attached hydrogen (secondary N) is 2. The van der Waals surface area contributed by atoms with Crippen LogP contribution in [0.15, 0.2) is 0 Å². The summed E-state index contributed by atoms with van der Waals surface area (Å²) in [6.45, 7) is 4.97. The number of thiol groups is 1. The van der Waals surface area contributed by atoms with Crippen molar-refractivity contribution in [2.45, 2.75) is 51.0 Å². The maximum Gasteiger partial charge on any atom is 0.328 e. The molecule has 0 fully saturated rings. The Labute approximate surface area is 118 Å². The molecule has 2 atom stereocenters. The molecule has 0 bridgehead atoms. The third-order valence-corrected chi connectivity index (χ3v) is 2.41. The second-order valence-electron chi connectivity index (χ2n) is 4.37. The molecule has 0 aromatic carbocycles. The molecule has 0 aliphatic rings. The summed E-state index contributed by atoms with van der Waals surface area (Å²) in [7, 11) is 0. The third kappa shape index (κ3) is 7.61. The van der Waals surface area contributed by atoms with Crippen LogP contribution in [0.5, 0.6) is 0 Å². The highest BCUT2D eigenvalue weighted by atomic mass is 32.1. The van der Waals surface area contributed by atoms with Crippen molar-refractivity contribution in [1.29, 1.82) is 5.41 Å². The number of hydrogen-bond acceptors (Lipinski definition) is 6. The Bertz CT molecular complexity index is 356.